The lowest BCUT2D eigenvalue weighted by Gasteiger charge is -2.15. The average molecular weight is 257 g/mol. The summed E-state index contributed by atoms with van der Waals surface area (Å²) in [5.41, 5.74) is 6.99. The molecule has 1 atom stereocenters. The zero-order valence-electron chi connectivity index (χ0n) is 7.76. The predicted molar refractivity (Wildman–Crippen MR) is 60.2 cm³/mol. The number of aromatic hydroxyl groups is 1. The van der Waals surface area contributed by atoms with Gasteiger partial charge in [0.25, 0.3) is 0 Å². The zero-order chi connectivity index (χ0) is 10.1. The van der Waals surface area contributed by atoms with Crippen LogP contribution in [0, 0.1) is 0 Å². The summed E-state index contributed by atoms with van der Waals surface area (Å²) in [5.74, 6) is 0.207. The lowest BCUT2D eigenvalue weighted by molar-refractivity contribution is 0.459. The molecule has 14 heavy (non-hydrogen) atoms. The van der Waals surface area contributed by atoms with Gasteiger partial charge in [0.2, 0.25) is 0 Å². The molecule has 0 aliphatic carbocycles. The lowest BCUT2D eigenvalue weighted by atomic mass is 10.0. The van der Waals surface area contributed by atoms with Gasteiger partial charge in [0.1, 0.15) is 5.75 Å². The lowest BCUT2D eigenvalue weighted by Crippen LogP contribution is -2.13. The molecule has 0 radical (unpaired) electrons. The van der Waals surface area contributed by atoms with Gasteiger partial charge >= 0.3 is 0 Å². The van der Waals surface area contributed by atoms with Gasteiger partial charge in [-0.1, -0.05) is 15.9 Å². The van der Waals surface area contributed by atoms with Crippen LogP contribution in [0.25, 0.3) is 0 Å². The number of hydrogen-bond donors (Lipinski definition) is 3. The topological polar surface area (TPSA) is 58.3 Å². The van der Waals surface area contributed by atoms with Crippen molar-refractivity contribution in [1.82, 2.24) is 5.32 Å². The number of nitrogens with two attached hydrogens (primary N) is 1. The summed E-state index contributed by atoms with van der Waals surface area (Å²) in [5, 5.41) is 13.2. The molecule has 0 amide bonds. The molecule has 1 aliphatic heterocycles. The maximum absolute atomic E-state index is 9.84. The van der Waals surface area contributed by atoms with Crippen molar-refractivity contribution in [2.45, 2.75) is 18.9 Å². The van der Waals surface area contributed by atoms with E-state index in [1.807, 2.05) is 6.07 Å². The Morgan fingerprint density at radius 3 is 2.93 bits per heavy atom. The molecule has 1 aliphatic rings. The van der Waals surface area contributed by atoms with Crippen LogP contribution in [0.15, 0.2) is 16.6 Å². The first kappa shape index (κ1) is 9.80. The van der Waals surface area contributed by atoms with Crippen LogP contribution in [0.5, 0.6) is 5.75 Å². The molecule has 0 saturated carbocycles. The molecule has 3 nitrogen and oxygen atoms in total. The van der Waals surface area contributed by atoms with Crippen LogP contribution in [0.4, 0.5) is 5.69 Å². The van der Waals surface area contributed by atoms with Gasteiger partial charge in [0.05, 0.1) is 5.69 Å². The molecule has 76 valence electrons. The second kappa shape index (κ2) is 3.79. The Morgan fingerprint density at radius 1 is 1.50 bits per heavy atom. The highest BCUT2D eigenvalue weighted by Crippen LogP contribution is 2.39. The number of phenolic OH excluding ortho intramolecular Hbond substituents is 1. The van der Waals surface area contributed by atoms with Crippen molar-refractivity contribution in [3.8, 4) is 5.75 Å². The number of halogens is 1. The summed E-state index contributed by atoms with van der Waals surface area (Å²) >= 11 is 3.44. The molecule has 2 rings (SSSR count). The van der Waals surface area contributed by atoms with E-state index in [9.17, 15) is 5.11 Å². The van der Waals surface area contributed by atoms with Crippen LogP contribution < -0.4 is 11.1 Å². The van der Waals surface area contributed by atoms with Crippen LogP contribution in [-0.2, 0) is 0 Å². The van der Waals surface area contributed by atoms with E-state index < -0.39 is 0 Å². The third-order valence-corrected chi connectivity index (χ3v) is 3.30. The molecule has 0 spiro atoms. The second-order valence-electron chi connectivity index (χ2n) is 3.55. The first-order valence-corrected chi connectivity index (χ1v) is 5.49. The van der Waals surface area contributed by atoms with Crippen molar-refractivity contribution in [2.75, 3.05) is 12.3 Å². The summed E-state index contributed by atoms with van der Waals surface area (Å²) in [4.78, 5) is 0. The van der Waals surface area contributed by atoms with E-state index in [2.05, 4.69) is 21.2 Å². The molecule has 4 heteroatoms. The van der Waals surface area contributed by atoms with Crippen molar-refractivity contribution in [3.63, 3.8) is 0 Å². The fourth-order valence-electron chi connectivity index (χ4n) is 1.86. The highest BCUT2D eigenvalue weighted by atomic mass is 79.9. The van der Waals surface area contributed by atoms with Crippen LogP contribution in [0.3, 0.4) is 0 Å². The molecule has 0 bridgehead atoms. The Kier molecular flexibility index (Phi) is 2.65. The maximum atomic E-state index is 9.84. The molecular formula is C10H13BrN2O. The maximum Gasteiger partial charge on any atom is 0.144 e. The van der Waals surface area contributed by atoms with Crippen LogP contribution in [-0.4, -0.2) is 11.7 Å². The first-order valence-electron chi connectivity index (χ1n) is 4.70. The highest BCUT2D eigenvalue weighted by molar-refractivity contribution is 9.10. The van der Waals surface area contributed by atoms with Crippen LogP contribution in [0.2, 0.25) is 0 Å². The summed E-state index contributed by atoms with van der Waals surface area (Å²) in [6.45, 7) is 1.01. The van der Waals surface area contributed by atoms with Gasteiger partial charge in [-0.05, 0) is 31.5 Å². The van der Waals surface area contributed by atoms with Crippen molar-refractivity contribution in [3.05, 3.63) is 22.2 Å². The molecule has 1 saturated heterocycles. The van der Waals surface area contributed by atoms with Crippen molar-refractivity contribution in [2.24, 2.45) is 0 Å². The number of phenols is 1. The smallest absolute Gasteiger partial charge is 0.144 e. The fraction of sp³-hybridized carbons (Fsp3) is 0.400. The Bertz CT molecular complexity index is 348. The normalized spacial score (nSPS) is 21.4. The van der Waals surface area contributed by atoms with Gasteiger partial charge in [-0.2, -0.15) is 0 Å². The second-order valence-corrected chi connectivity index (χ2v) is 4.40. The number of anilines is 1. The Morgan fingerprint density at radius 2 is 2.29 bits per heavy atom. The minimum absolute atomic E-state index is 0.207. The van der Waals surface area contributed by atoms with E-state index in [-0.39, 0.29) is 11.8 Å². The van der Waals surface area contributed by atoms with Crippen LogP contribution >= 0.6 is 15.9 Å². The summed E-state index contributed by atoms with van der Waals surface area (Å²) in [6, 6.07) is 3.82. The summed E-state index contributed by atoms with van der Waals surface area (Å²) in [7, 11) is 0. The molecule has 1 heterocycles. The fourth-order valence-corrected chi connectivity index (χ4v) is 2.46. The van der Waals surface area contributed by atoms with Gasteiger partial charge < -0.3 is 16.2 Å². The number of hydrogen-bond acceptors (Lipinski definition) is 3. The Labute approximate surface area is 91.4 Å². The van der Waals surface area contributed by atoms with Crippen molar-refractivity contribution < 1.29 is 5.11 Å². The van der Waals surface area contributed by atoms with Gasteiger partial charge in [0, 0.05) is 16.1 Å². The molecule has 4 N–H and O–H groups in total. The molecule has 0 unspecified atom stereocenters. The number of nitrogens with one attached hydrogen (secondary N) is 1. The Hall–Kier alpha value is -0.740. The number of benzene rings is 1. The van der Waals surface area contributed by atoms with E-state index in [1.165, 1.54) is 0 Å². The third kappa shape index (κ3) is 1.60. The first-order chi connectivity index (χ1) is 6.70. The number of nitrogen functional groups attached to an aromatic ring is 1. The Balaban J connectivity index is 2.44. The van der Waals surface area contributed by atoms with Gasteiger partial charge in [-0.25, -0.2) is 0 Å². The van der Waals surface area contributed by atoms with Crippen molar-refractivity contribution >= 4 is 21.6 Å². The average Bonchev–Trinajstić information content (AvgIpc) is 2.65. The SMILES string of the molecule is Nc1ccc(Br)c([C@@H]2CCCN2)c1O. The number of rotatable bonds is 1. The quantitative estimate of drug-likeness (QED) is 0.533. The van der Waals surface area contributed by atoms with E-state index in [1.54, 1.807) is 6.07 Å². The predicted octanol–water partition coefficient (Wildman–Crippen LogP) is 2.16. The van der Waals surface area contributed by atoms with E-state index in [0.29, 0.717) is 5.69 Å². The summed E-state index contributed by atoms with van der Waals surface area (Å²) < 4.78 is 0.920. The van der Waals surface area contributed by atoms with Gasteiger partial charge in [-0.15, -0.1) is 0 Å². The summed E-state index contributed by atoms with van der Waals surface area (Å²) in [6.07, 6.45) is 2.20. The van der Waals surface area contributed by atoms with E-state index in [0.717, 1.165) is 29.4 Å². The molecule has 1 aromatic rings. The minimum atomic E-state index is 0.207. The van der Waals surface area contributed by atoms with E-state index >= 15 is 0 Å². The largest absolute Gasteiger partial charge is 0.505 e. The molecule has 1 aromatic carbocycles. The molecule has 0 aromatic heterocycles. The standard InChI is InChI=1S/C10H13BrN2O/c11-6-3-4-7(12)10(14)9(6)8-2-1-5-13-8/h3-4,8,13-14H,1-2,5,12H2/t8-/m0/s1. The van der Waals surface area contributed by atoms with Crippen molar-refractivity contribution in [1.29, 1.82) is 0 Å². The monoisotopic (exact) mass is 256 g/mol. The third-order valence-electron chi connectivity index (χ3n) is 2.60. The highest BCUT2D eigenvalue weighted by Gasteiger charge is 2.22. The molecular weight excluding hydrogens is 244 g/mol. The zero-order valence-corrected chi connectivity index (χ0v) is 9.34. The van der Waals surface area contributed by atoms with Crippen LogP contribution in [0.1, 0.15) is 24.4 Å². The molecule has 1 fully saturated rings. The van der Waals surface area contributed by atoms with E-state index in [4.69, 9.17) is 5.73 Å². The van der Waals surface area contributed by atoms with Gasteiger partial charge in [-0.3, -0.25) is 0 Å². The minimum Gasteiger partial charge on any atom is -0.505 e. The van der Waals surface area contributed by atoms with Gasteiger partial charge in [0.15, 0.2) is 0 Å².